The Kier molecular flexibility index (Phi) is 10.2. The Morgan fingerprint density at radius 3 is 1.81 bits per heavy atom. The van der Waals surface area contributed by atoms with E-state index in [0.29, 0.717) is 6.04 Å². The van der Waals surface area contributed by atoms with Crippen LogP contribution in [0, 0.1) is 0 Å². The van der Waals surface area contributed by atoms with Gasteiger partial charge in [-0.3, -0.25) is 0 Å². The third-order valence-electron chi connectivity index (χ3n) is 4.39. The molecule has 0 saturated carbocycles. The first-order valence-corrected chi connectivity index (χ1v) is 8.97. The van der Waals surface area contributed by atoms with Crippen molar-refractivity contribution in [2.24, 2.45) is 0 Å². The molecule has 0 bridgehead atoms. The molecule has 1 rings (SSSR count). The summed E-state index contributed by atoms with van der Waals surface area (Å²) in [5, 5.41) is 0. The summed E-state index contributed by atoms with van der Waals surface area (Å²) in [5.41, 5.74) is 1.46. The van der Waals surface area contributed by atoms with Gasteiger partial charge >= 0.3 is 0 Å². The van der Waals surface area contributed by atoms with Gasteiger partial charge in [0.25, 0.3) is 0 Å². The summed E-state index contributed by atoms with van der Waals surface area (Å²) in [7, 11) is 4.40. The van der Waals surface area contributed by atoms with Crippen molar-refractivity contribution in [3.05, 3.63) is 35.9 Å². The minimum atomic E-state index is 0.579. The fraction of sp³-hybridized carbons (Fsp3) is 0.700. The van der Waals surface area contributed by atoms with Crippen molar-refractivity contribution in [3.63, 3.8) is 0 Å². The third-order valence-corrected chi connectivity index (χ3v) is 4.39. The van der Waals surface area contributed by atoms with Gasteiger partial charge in [-0.2, -0.15) is 0 Å². The van der Waals surface area contributed by atoms with E-state index in [2.05, 4.69) is 56.3 Å². The average Bonchev–Trinajstić information content (AvgIpc) is 2.50. The summed E-state index contributed by atoms with van der Waals surface area (Å²) in [5.74, 6) is 0. The second-order valence-electron chi connectivity index (χ2n) is 6.51. The Balaban J connectivity index is 2.12. The Morgan fingerprint density at radius 2 is 1.29 bits per heavy atom. The number of hydrogen-bond donors (Lipinski definition) is 0. The van der Waals surface area contributed by atoms with Crippen LogP contribution in [0.2, 0.25) is 0 Å². The predicted molar refractivity (Wildman–Crippen MR) is 94.7 cm³/mol. The van der Waals surface area contributed by atoms with Crippen molar-refractivity contribution in [3.8, 4) is 0 Å². The van der Waals surface area contributed by atoms with E-state index in [4.69, 9.17) is 0 Å². The van der Waals surface area contributed by atoms with Crippen molar-refractivity contribution in [2.45, 2.75) is 77.2 Å². The Hall–Kier alpha value is -0.820. The zero-order valence-corrected chi connectivity index (χ0v) is 14.5. The van der Waals surface area contributed by atoms with Gasteiger partial charge in [-0.25, -0.2) is 0 Å². The maximum absolute atomic E-state index is 2.36. The summed E-state index contributed by atoms with van der Waals surface area (Å²) in [6.07, 6.45) is 14.0. The van der Waals surface area contributed by atoms with Crippen molar-refractivity contribution in [1.29, 1.82) is 0 Å². The third kappa shape index (κ3) is 8.26. The summed E-state index contributed by atoms with van der Waals surface area (Å²) in [6, 6.07) is 11.5. The van der Waals surface area contributed by atoms with Gasteiger partial charge in [0.05, 0.1) is 0 Å². The average molecular weight is 290 g/mol. The predicted octanol–water partition coefficient (Wildman–Crippen LogP) is 6.21. The first kappa shape index (κ1) is 18.2. The summed E-state index contributed by atoms with van der Waals surface area (Å²) < 4.78 is 0. The SMILES string of the molecule is CCCCCCCCCCC[C@@H](c1ccccc1)N(C)C. The van der Waals surface area contributed by atoms with E-state index in [1.165, 1.54) is 69.8 Å². The van der Waals surface area contributed by atoms with Crippen LogP contribution in [0.4, 0.5) is 0 Å². The molecule has 1 nitrogen and oxygen atoms in total. The van der Waals surface area contributed by atoms with Crippen LogP contribution in [0.1, 0.15) is 82.7 Å². The molecule has 0 spiro atoms. The minimum Gasteiger partial charge on any atom is -0.302 e. The van der Waals surface area contributed by atoms with E-state index in [1.807, 2.05) is 0 Å². The van der Waals surface area contributed by atoms with Gasteiger partial charge in [0.15, 0.2) is 0 Å². The molecule has 1 heteroatoms. The molecule has 120 valence electrons. The highest BCUT2D eigenvalue weighted by molar-refractivity contribution is 5.18. The second kappa shape index (κ2) is 11.8. The van der Waals surface area contributed by atoms with Crippen LogP contribution >= 0.6 is 0 Å². The van der Waals surface area contributed by atoms with E-state index < -0.39 is 0 Å². The maximum atomic E-state index is 2.36. The van der Waals surface area contributed by atoms with E-state index in [9.17, 15) is 0 Å². The number of nitrogens with zero attached hydrogens (tertiary/aromatic N) is 1. The summed E-state index contributed by atoms with van der Waals surface area (Å²) in [6.45, 7) is 2.29. The molecule has 0 unspecified atom stereocenters. The van der Waals surface area contributed by atoms with Gasteiger partial charge < -0.3 is 4.90 Å². The summed E-state index contributed by atoms with van der Waals surface area (Å²) >= 11 is 0. The van der Waals surface area contributed by atoms with Crippen LogP contribution in [0.25, 0.3) is 0 Å². The molecule has 0 aromatic heterocycles. The zero-order chi connectivity index (χ0) is 15.3. The lowest BCUT2D eigenvalue weighted by atomic mass is 9.98. The summed E-state index contributed by atoms with van der Waals surface area (Å²) in [4.78, 5) is 2.36. The van der Waals surface area contributed by atoms with Crippen LogP contribution in [-0.2, 0) is 0 Å². The molecule has 0 heterocycles. The smallest absolute Gasteiger partial charge is 0.0342 e. The quantitative estimate of drug-likeness (QED) is 0.413. The first-order valence-electron chi connectivity index (χ1n) is 8.97. The van der Waals surface area contributed by atoms with Crippen molar-refractivity contribution < 1.29 is 0 Å². The monoisotopic (exact) mass is 289 g/mol. The molecular weight excluding hydrogens is 254 g/mol. The lowest BCUT2D eigenvalue weighted by Crippen LogP contribution is -2.19. The number of rotatable bonds is 12. The van der Waals surface area contributed by atoms with Gasteiger partial charge in [-0.05, 0) is 26.1 Å². The van der Waals surface area contributed by atoms with Gasteiger partial charge in [0.2, 0.25) is 0 Å². The molecule has 0 aliphatic rings. The molecule has 0 aliphatic carbocycles. The van der Waals surface area contributed by atoms with Gasteiger partial charge in [0.1, 0.15) is 0 Å². The number of unbranched alkanes of at least 4 members (excludes halogenated alkanes) is 8. The lowest BCUT2D eigenvalue weighted by molar-refractivity contribution is 0.276. The zero-order valence-electron chi connectivity index (χ0n) is 14.5. The molecular formula is C20H35N. The second-order valence-corrected chi connectivity index (χ2v) is 6.51. The van der Waals surface area contributed by atoms with Crippen molar-refractivity contribution in [2.75, 3.05) is 14.1 Å². The molecule has 0 fully saturated rings. The lowest BCUT2D eigenvalue weighted by Gasteiger charge is -2.24. The fourth-order valence-electron chi connectivity index (χ4n) is 3.05. The fourth-order valence-corrected chi connectivity index (χ4v) is 3.05. The van der Waals surface area contributed by atoms with Crippen molar-refractivity contribution in [1.82, 2.24) is 4.90 Å². The van der Waals surface area contributed by atoms with E-state index in [0.717, 1.165) is 0 Å². The highest BCUT2D eigenvalue weighted by Gasteiger charge is 2.12. The highest BCUT2D eigenvalue weighted by atomic mass is 15.1. The van der Waals surface area contributed by atoms with Gasteiger partial charge in [0, 0.05) is 6.04 Å². The Labute approximate surface area is 132 Å². The standard InChI is InChI=1S/C20H35N/c1-4-5-6-7-8-9-10-11-15-18-20(21(2)3)19-16-13-12-14-17-19/h12-14,16-17,20H,4-11,15,18H2,1-3H3/t20-/m0/s1. The van der Waals surface area contributed by atoms with E-state index >= 15 is 0 Å². The van der Waals surface area contributed by atoms with E-state index in [1.54, 1.807) is 0 Å². The van der Waals surface area contributed by atoms with Crippen molar-refractivity contribution >= 4 is 0 Å². The molecule has 0 N–H and O–H groups in total. The molecule has 0 saturated heterocycles. The molecule has 0 aliphatic heterocycles. The molecule has 1 aromatic carbocycles. The van der Waals surface area contributed by atoms with Crippen LogP contribution in [-0.4, -0.2) is 19.0 Å². The molecule has 1 atom stereocenters. The van der Waals surface area contributed by atoms with Crippen LogP contribution in [0.5, 0.6) is 0 Å². The maximum Gasteiger partial charge on any atom is 0.0342 e. The highest BCUT2D eigenvalue weighted by Crippen LogP contribution is 2.24. The molecule has 0 radical (unpaired) electrons. The van der Waals surface area contributed by atoms with Crippen LogP contribution < -0.4 is 0 Å². The van der Waals surface area contributed by atoms with Gasteiger partial charge in [-0.1, -0.05) is 95.0 Å². The van der Waals surface area contributed by atoms with Crippen LogP contribution in [0.3, 0.4) is 0 Å². The van der Waals surface area contributed by atoms with Gasteiger partial charge in [-0.15, -0.1) is 0 Å². The topological polar surface area (TPSA) is 3.24 Å². The normalized spacial score (nSPS) is 12.8. The number of benzene rings is 1. The molecule has 0 amide bonds. The minimum absolute atomic E-state index is 0.579. The largest absolute Gasteiger partial charge is 0.302 e. The molecule has 21 heavy (non-hydrogen) atoms. The Morgan fingerprint density at radius 1 is 0.762 bits per heavy atom. The van der Waals surface area contributed by atoms with E-state index in [-0.39, 0.29) is 0 Å². The first-order chi connectivity index (χ1) is 10.3. The van der Waals surface area contributed by atoms with Crippen LogP contribution in [0.15, 0.2) is 30.3 Å². The number of hydrogen-bond acceptors (Lipinski definition) is 1. The molecule has 1 aromatic rings. The Bertz CT molecular complexity index is 331.